The van der Waals surface area contributed by atoms with Crippen molar-refractivity contribution < 1.29 is 39.5 Å². The van der Waals surface area contributed by atoms with Gasteiger partial charge in [0.05, 0.1) is 23.7 Å². The van der Waals surface area contributed by atoms with Crippen molar-refractivity contribution in [2.45, 2.75) is 145 Å². The number of aliphatic hydroxyl groups is 4. The molecule has 5 aliphatic carbocycles. The summed E-state index contributed by atoms with van der Waals surface area (Å²) < 4.78 is 11.9. The zero-order valence-electron chi connectivity index (χ0n) is 31.2. The highest BCUT2D eigenvalue weighted by Gasteiger charge is 2.75. The minimum absolute atomic E-state index is 0.0746. The van der Waals surface area contributed by atoms with Crippen LogP contribution in [0.3, 0.4) is 0 Å². The van der Waals surface area contributed by atoms with E-state index in [1.807, 2.05) is 13.8 Å². The fourth-order valence-electron chi connectivity index (χ4n) is 11.9. The lowest BCUT2D eigenvalue weighted by Crippen LogP contribution is -2.76. The fraction of sp³-hybridized carbons (Fsp3) is 0.800. The molecule has 5 rings (SSSR count). The lowest BCUT2D eigenvalue weighted by atomic mass is 9.32. The first kappa shape index (κ1) is 37.3. The maximum Gasteiger partial charge on any atom is 0.333 e. The van der Waals surface area contributed by atoms with Crippen LogP contribution in [0.25, 0.3) is 0 Å². The molecule has 0 unspecified atom stereocenters. The van der Waals surface area contributed by atoms with Crippen molar-refractivity contribution in [2.75, 3.05) is 6.61 Å². The normalized spacial score (nSPS) is 46.6. The van der Waals surface area contributed by atoms with E-state index in [1.54, 1.807) is 39.8 Å². The van der Waals surface area contributed by atoms with Crippen molar-refractivity contribution in [3.05, 3.63) is 34.9 Å². The number of aliphatic hydroxyl groups excluding tert-OH is 4. The van der Waals surface area contributed by atoms with E-state index in [-0.39, 0.29) is 29.5 Å². The second-order valence-electron chi connectivity index (χ2n) is 18.1. The number of ether oxygens (including phenoxy) is 2. The lowest BCUT2D eigenvalue weighted by molar-refractivity contribution is -0.290. The van der Waals surface area contributed by atoms with Gasteiger partial charge in [-0.1, -0.05) is 72.3 Å². The summed E-state index contributed by atoms with van der Waals surface area (Å²) in [5.74, 6) is -1.06. The Morgan fingerprint density at radius 2 is 1.44 bits per heavy atom. The third kappa shape index (κ3) is 4.89. The first-order valence-corrected chi connectivity index (χ1v) is 18.2. The summed E-state index contributed by atoms with van der Waals surface area (Å²) in [4.78, 5) is 26.2. The van der Waals surface area contributed by atoms with Crippen LogP contribution < -0.4 is 0 Å². The molecule has 270 valence electrons. The fourth-order valence-corrected chi connectivity index (χ4v) is 11.9. The molecular formula is C40H62O8. The summed E-state index contributed by atoms with van der Waals surface area (Å²) in [7, 11) is 0. The SMILES string of the molecule is C/C=C(\C)C(=O)OC[C@@]12[C@H](O)[C@H](O)[C@]3(C)C(=CC[C@@H]4[C@@]5(C)CC[C@H](O)C(C)(C)[C@@H]5CC[C@]43C)[C@@H]1CC(C)(C)[C@@H](OC(=O)/C(C)=C/C)[C@@H]2O. The molecule has 0 aromatic heterocycles. The van der Waals surface area contributed by atoms with E-state index >= 15 is 0 Å². The molecule has 8 nitrogen and oxygen atoms in total. The number of hydrogen-bond donors (Lipinski definition) is 4. The average Bonchev–Trinajstić information content (AvgIpc) is 3.03. The highest BCUT2D eigenvalue weighted by molar-refractivity contribution is 5.88. The molecule has 4 fully saturated rings. The molecule has 0 aliphatic heterocycles. The molecule has 0 aromatic carbocycles. The topological polar surface area (TPSA) is 134 Å². The highest BCUT2D eigenvalue weighted by Crippen LogP contribution is 2.75. The number of carbonyl (C=O) groups excluding carboxylic acids is 2. The Bertz CT molecular complexity index is 1410. The van der Waals surface area contributed by atoms with Crippen molar-refractivity contribution in [1.29, 1.82) is 0 Å². The van der Waals surface area contributed by atoms with Gasteiger partial charge in [-0.25, -0.2) is 9.59 Å². The number of rotatable bonds is 5. The molecule has 0 bridgehead atoms. The van der Waals surface area contributed by atoms with Crippen LogP contribution in [-0.4, -0.2) is 69.5 Å². The maximum atomic E-state index is 13.1. The van der Waals surface area contributed by atoms with Gasteiger partial charge in [-0.05, 0) is 100 Å². The van der Waals surface area contributed by atoms with Crippen molar-refractivity contribution in [3.63, 3.8) is 0 Å². The average molecular weight is 671 g/mol. The Kier molecular flexibility index (Phi) is 9.36. The van der Waals surface area contributed by atoms with Crippen LogP contribution in [0.15, 0.2) is 34.9 Å². The molecule has 0 amide bonds. The van der Waals surface area contributed by atoms with Crippen LogP contribution in [0.4, 0.5) is 0 Å². The number of hydrogen-bond acceptors (Lipinski definition) is 8. The van der Waals surface area contributed by atoms with Gasteiger partial charge < -0.3 is 29.9 Å². The third-order valence-electron chi connectivity index (χ3n) is 15.4. The van der Waals surface area contributed by atoms with Crippen molar-refractivity contribution >= 4 is 11.9 Å². The summed E-state index contributed by atoms with van der Waals surface area (Å²) in [5, 5.41) is 48.7. The Labute approximate surface area is 288 Å². The van der Waals surface area contributed by atoms with Crippen LogP contribution in [0.5, 0.6) is 0 Å². The molecule has 0 saturated heterocycles. The van der Waals surface area contributed by atoms with E-state index in [2.05, 4.69) is 40.7 Å². The van der Waals surface area contributed by atoms with Crippen LogP contribution in [-0.2, 0) is 19.1 Å². The van der Waals surface area contributed by atoms with Gasteiger partial charge >= 0.3 is 11.9 Å². The summed E-state index contributed by atoms with van der Waals surface area (Å²) in [6, 6.07) is 0. The first-order chi connectivity index (χ1) is 22.1. The molecule has 8 heteroatoms. The van der Waals surface area contributed by atoms with Crippen molar-refractivity contribution in [3.8, 4) is 0 Å². The molecule has 0 radical (unpaired) electrons. The van der Waals surface area contributed by atoms with Gasteiger partial charge in [0.2, 0.25) is 0 Å². The number of esters is 2. The molecule has 48 heavy (non-hydrogen) atoms. The molecule has 0 aromatic rings. The Morgan fingerprint density at radius 3 is 2.04 bits per heavy atom. The smallest absolute Gasteiger partial charge is 0.333 e. The monoisotopic (exact) mass is 670 g/mol. The van der Waals surface area contributed by atoms with Crippen LogP contribution >= 0.6 is 0 Å². The van der Waals surface area contributed by atoms with E-state index in [0.29, 0.717) is 23.5 Å². The minimum Gasteiger partial charge on any atom is -0.462 e. The Morgan fingerprint density at radius 1 is 0.833 bits per heavy atom. The van der Waals surface area contributed by atoms with Gasteiger partial charge in [-0.15, -0.1) is 0 Å². The molecule has 0 heterocycles. The first-order valence-electron chi connectivity index (χ1n) is 18.2. The van der Waals surface area contributed by atoms with Gasteiger partial charge in [-0.2, -0.15) is 0 Å². The van der Waals surface area contributed by atoms with Gasteiger partial charge in [0.25, 0.3) is 0 Å². The summed E-state index contributed by atoms with van der Waals surface area (Å²) in [6.07, 6.45) is 4.59. The third-order valence-corrected chi connectivity index (χ3v) is 15.4. The van der Waals surface area contributed by atoms with Crippen LogP contribution in [0.2, 0.25) is 0 Å². The predicted octanol–water partition coefficient (Wildman–Crippen LogP) is 6.06. The molecule has 0 spiro atoms. The molecule has 12 atom stereocenters. The van der Waals surface area contributed by atoms with Gasteiger partial charge in [0.15, 0.2) is 0 Å². The van der Waals surface area contributed by atoms with Crippen molar-refractivity contribution in [2.24, 2.45) is 50.2 Å². The van der Waals surface area contributed by atoms with E-state index in [9.17, 15) is 30.0 Å². The van der Waals surface area contributed by atoms with Crippen LogP contribution in [0.1, 0.15) is 115 Å². The zero-order chi connectivity index (χ0) is 36.0. The molecule has 5 aliphatic rings. The number of carbonyl (C=O) groups is 2. The largest absolute Gasteiger partial charge is 0.462 e. The minimum atomic E-state index is -1.53. The summed E-state index contributed by atoms with van der Waals surface area (Å²) in [6.45, 7) is 21.6. The lowest BCUT2D eigenvalue weighted by Gasteiger charge is -2.73. The Balaban J connectivity index is 1.66. The van der Waals surface area contributed by atoms with Gasteiger partial charge in [0, 0.05) is 22.0 Å². The standard InChI is InChI=1S/C40H62O8/c1-12-22(3)33(45)47-21-40-25(20-35(5,6)32(31(40)44)48-34(46)23(4)13-2)24-14-15-27-37(9)18-17-28(41)36(7,8)26(37)16-19-38(27,10)39(24,11)29(42)30(40)43/h12-14,25-32,41-44H,15-21H2,1-11H3/b22-12+,23-13+/t25-,26-,27+,28-,29-,30+,31-,32-,37-,38+,39-,40-/m0/s1. The van der Waals surface area contributed by atoms with Gasteiger partial charge in [0.1, 0.15) is 18.8 Å². The van der Waals surface area contributed by atoms with Crippen molar-refractivity contribution in [1.82, 2.24) is 0 Å². The number of allylic oxidation sites excluding steroid dienone is 3. The molecular weight excluding hydrogens is 608 g/mol. The maximum absolute atomic E-state index is 13.1. The number of fused-ring (bicyclic) bond motifs is 7. The predicted molar refractivity (Wildman–Crippen MR) is 184 cm³/mol. The Hall–Kier alpha value is -2.00. The van der Waals surface area contributed by atoms with E-state index in [0.717, 1.165) is 37.7 Å². The van der Waals surface area contributed by atoms with E-state index < -0.39 is 63.9 Å². The second-order valence-corrected chi connectivity index (χ2v) is 18.1. The molecule has 4 saturated carbocycles. The van der Waals surface area contributed by atoms with E-state index in [4.69, 9.17) is 9.47 Å². The quantitative estimate of drug-likeness (QED) is 0.158. The van der Waals surface area contributed by atoms with E-state index in [1.165, 1.54) is 0 Å². The summed E-state index contributed by atoms with van der Waals surface area (Å²) >= 11 is 0. The van der Waals surface area contributed by atoms with Crippen LogP contribution in [0, 0.1) is 50.2 Å². The second kappa shape index (κ2) is 12.1. The highest BCUT2D eigenvalue weighted by atomic mass is 16.6. The van der Waals surface area contributed by atoms with Gasteiger partial charge in [-0.3, -0.25) is 0 Å². The summed E-state index contributed by atoms with van der Waals surface area (Å²) in [5.41, 5.74) is -2.00. The zero-order valence-corrected chi connectivity index (χ0v) is 31.2. The molecule has 4 N–H and O–H groups in total.